The molecule has 0 saturated heterocycles. The average molecular weight is 333 g/mol. The Morgan fingerprint density at radius 3 is 2.91 bits per heavy atom. The lowest BCUT2D eigenvalue weighted by Gasteiger charge is -2.27. The van der Waals surface area contributed by atoms with Gasteiger partial charge in [0.15, 0.2) is 0 Å². The Bertz CT molecular complexity index is 890. The first-order valence-electron chi connectivity index (χ1n) is 7.39. The number of nitrogens with one attached hydrogen (secondary N) is 1. The van der Waals surface area contributed by atoms with E-state index >= 15 is 0 Å². The fraction of sp³-hybridized carbons (Fsp3) is 0.357. The van der Waals surface area contributed by atoms with Crippen molar-refractivity contribution < 1.29 is 13.2 Å². The summed E-state index contributed by atoms with van der Waals surface area (Å²) in [6.45, 7) is 1.05. The lowest BCUT2D eigenvalue weighted by atomic mass is 10.0. The molecule has 23 heavy (non-hydrogen) atoms. The Kier molecular flexibility index (Phi) is 3.12. The second-order valence-electron chi connectivity index (χ2n) is 5.58. The smallest absolute Gasteiger partial charge is 0.266 e. The molecule has 2 aliphatic heterocycles. The third kappa shape index (κ3) is 2.27. The van der Waals surface area contributed by atoms with E-state index in [1.807, 2.05) is 0 Å². The first-order chi connectivity index (χ1) is 11.1. The van der Waals surface area contributed by atoms with Crippen molar-refractivity contribution in [3.05, 3.63) is 30.1 Å². The number of hydrogen-bond acceptors (Lipinski definition) is 5. The minimum atomic E-state index is -3.70. The number of carbonyl (C=O) groups is 1. The van der Waals surface area contributed by atoms with Crippen LogP contribution in [-0.4, -0.2) is 35.6 Å². The molecule has 0 radical (unpaired) electrons. The molecule has 9 heteroatoms. The number of carbonyl (C=O) groups excluding carboxylic acids is 1. The molecule has 1 amide bonds. The number of benzene rings is 1. The molecule has 8 nitrogen and oxygen atoms in total. The highest BCUT2D eigenvalue weighted by Gasteiger charge is 2.31. The number of aromatic nitrogens is 3. The molecular weight excluding hydrogens is 318 g/mol. The van der Waals surface area contributed by atoms with E-state index in [0.717, 1.165) is 5.56 Å². The number of amides is 1. The third-order valence-corrected chi connectivity index (χ3v) is 5.89. The van der Waals surface area contributed by atoms with Gasteiger partial charge in [0, 0.05) is 25.2 Å². The number of sulfonamides is 1. The molecule has 2 aliphatic rings. The molecule has 120 valence electrons. The number of nitrogens with zero attached hydrogens (tertiary/aromatic N) is 4. The van der Waals surface area contributed by atoms with Crippen LogP contribution >= 0.6 is 0 Å². The molecule has 0 bridgehead atoms. The van der Waals surface area contributed by atoms with Crippen molar-refractivity contribution in [2.45, 2.75) is 30.7 Å². The zero-order valence-corrected chi connectivity index (χ0v) is 13.1. The SMILES string of the molecule is O=C1CCc2cc(S(=O)(=O)N3CCCn4ncnc43)ccc2N1. The topological polar surface area (TPSA) is 97.2 Å². The highest BCUT2D eigenvalue weighted by molar-refractivity contribution is 7.92. The van der Waals surface area contributed by atoms with E-state index in [9.17, 15) is 13.2 Å². The van der Waals surface area contributed by atoms with Gasteiger partial charge in [-0.2, -0.15) is 10.1 Å². The molecule has 0 aliphatic carbocycles. The van der Waals surface area contributed by atoms with Gasteiger partial charge in [0.05, 0.1) is 4.90 Å². The van der Waals surface area contributed by atoms with Gasteiger partial charge in [-0.3, -0.25) is 4.79 Å². The molecule has 4 rings (SSSR count). The van der Waals surface area contributed by atoms with Crippen LogP contribution in [-0.2, 0) is 27.8 Å². The molecule has 0 spiro atoms. The summed E-state index contributed by atoms with van der Waals surface area (Å²) >= 11 is 0. The van der Waals surface area contributed by atoms with E-state index in [-0.39, 0.29) is 10.8 Å². The second-order valence-corrected chi connectivity index (χ2v) is 7.44. The van der Waals surface area contributed by atoms with Crippen molar-refractivity contribution in [3.63, 3.8) is 0 Å². The van der Waals surface area contributed by atoms with Gasteiger partial charge >= 0.3 is 0 Å². The van der Waals surface area contributed by atoms with Crippen LogP contribution in [0.25, 0.3) is 0 Å². The fourth-order valence-corrected chi connectivity index (χ4v) is 4.46. The first kappa shape index (κ1) is 14.2. The van der Waals surface area contributed by atoms with Crippen molar-refractivity contribution in [1.82, 2.24) is 14.8 Å². The summed E-state index contributed by atoms with van der Waals surface area (Å²) in [6, 6.07) is 4.81. The minimum absolute atomic E-state index is 0.0442. The summed E-state index contributed by atoms with van der Waals surface area (Å²) in [5.74, 6) is 0.305. The van der Waals surface area contributed by atoms with Crippen molar-refractivity contribution in [2.75, 3.05) is 16.2 Å². The first-order valence-corrected chi connectivity index (χ1v) is 8.83. The number of anilines is 2. The zero-order valence-electron chi connectivity index (χ0n) is 12.3. The summed E-state index contributed by atoms with van der Waals surface area (Å²) in [7, 11) is -3.70. The van der Waals surface area contributed by atoms with Crippen molar-refractivity contribution in [1.29, 1.82) is 0 Å². The highest BCUT2D eigenvalue weighted by atomic mass is 32.2. The van der Waals surface area contributed by atoms with Crippen LogP contribution in [0.5, 0.6) is 0 Å². The molecule has 0 saturated carbocycles. The third-order valence-electron chi connectivity index (χ3n) is 4.11. The van der Waals surface area contributed by atoms with Gasteiger partial charge in [-0.1, -0.05) is 0 Å². The highest BCUT2D eigenvalue weighted by Crippen LogP contribution is 2.29. The molecule has 0 fully saturated rings. The summed E-state index contributed by atoms with van der Waals surface area (Å²) in [5, 5.41) is 6.80. The van der Waals surface area contributed by atoms with E-state index in [4.69, 9.17) is 0 Å². The maximum Gasteiger partial charge on any atom is 0.266 e. The van der Waals surface area contributed by atoms with Crippen LogP contribution in [0.3, 0.4) is 0 Å². The molecule has 1 N–H and O–H groups in total. The Labute approximate surface area is 133 Å². The zero-order chi connectivity index (χ0) is 16.0. The maximum atomic E-state index is 13.0. The standard InChI is InChI=1S/C14H15N5O3S/c20-13-5-2-10-8-11(3-4-12(10)17-13)23(21,22)19-7-1-6-18-14(19)15-9-16-18/h3-4,8-9H,1-2,5-7H2,(H,17,20). The summed E-state index contributed by atoms with van der Waals surface area (Å²) in [6.07, 6.45) is 2.97. The number of hydrogen-bond donors (Lipinski definition) is 1. The molecule has 1 aromatic heterocycles. The van der Waals surface area contributed by atoms with Gasteiger partial charge in [-0.15, -0.1) is 0 Å². The maximum absolute atomic E-state index is 13.0. The summed E-state index contributed by atoms with van der Waals surface area (Å²) < 4.78 is 28.8. The summed E-state index contributed by atoms with van der Waals surface area (Å²) in [5.41, 5.74) is 1.52. The van der Waals surface area contributed by atoms with Crippen LogP contribution < -0.4 is 9.62 Å². The minimum Gasteiger partial charge on any atom is -0.326 e. The lowest BCUT2D eigenvalue weighted by molar-refractivity contribution is -0.116. The molecule has 3 heterocycles. The molecule has 0 unspecified atom stereocenters. The molecular formula is C14H15N5O3S. The van der Waals surface area contributed by atoms with Gasteiger partial charge in [0.1, 0.15) is 6.33 Å². The van der Waals surface area contributed by atoms with Crippen molar-refractivity contribution in [3.8, 4) is 0 Å². The molecule has 1 aromatic carbocycles. The predicted octanol–water partition coefficient (Wildman–Crippen LogP) is 0.762. The van der Waals surface area contributed by atoms with Crippen LogP contribution in [0.1, 0.15) is 18.4 Å². The number of aryl methyl sites for hydroxylation is 2. The van der Waals surface area contributed by atoms with Gasteiger partial charge in [-0.05, 0) is 36.6 Å². The largest absolute Gasteiger partial charge is 0.326 e. The van der Waals surface area contributed by atoms with Crippen LogP contribution in [0.2, 0.25) is 0 Å². The number of fused-ring (bicyclic) bond motifs is 2. The lowest BCUT2D eigenvalue weighted by Crippen LogP contribution is -2.38. The van der Waals surface area contributed by atoms with Gasteiger partial charge in [0.2, 0.25) is 11.9 Å². The van der Waals surface area contributed by atoms with Crippen LogP contribution in [0.4, 0.5) is 11.6 Å². The fourth-order valence-electron chi connectivity index (χ4n) is 2.95. The Morgan fingerprint density at radius 1 is 1.17 bits per heavy atom. The van der Waals surface area contributed by atoms with E-state index < -0.39 is 10.0 Å². The van der Waals surface area contributed by atoms with Gasteiger partial charge in [0.25, 0.3) is 10.0 Å². The normalized spacial score (nSPS) is 17.4. The second kappa shape index (κ2) is 5.05. The average Bonchev–Trinajstić information content (AvgIpc) is 3.02. The van der Waals surface area contributed by atoms with E-state index in [0.29, 0.717) is 44.0 Å². The van der Waals surface area contributed by atoms with Crippen molar-refractivity contribution >= 4 is 27.6 Å². The van der Waals surface area contributed by atoms with E-state index in [1.54, 1.807) is 16.8 Å². The van der Waals surface area contributed by atoms with Crippen LogP contribution in [0, 0.1) is 0 Å². The monoisotopic (exact) mass is 333 g/mol. The van der Waals surface area contributed by atoms with E-state index in [2.05, 4.69) is 15.4 Å². The Morgan fingerprint density at radius 2 is 2.04 bits per heavy atom. The predicted molar refractivity (Wildman–Crippen MR) is 82.6 cm³/mol. The van der Waals surface area contributed by atoms with Gasteiger partial charge in [-0.25, -0.2) is 17.4 Å². The van der Waals surface area contributed by atoms with Gasteiger partial charge < -0.3 is 5.32 Å². The quantitative estimate of drug-likeness (QED) is 0.875. The Balaban J connectivity index is 1.75. The van der Waals surface area contributed by atoms with Crippen LogP contribution in [0.15, 0.2) is 29.4 Å². The number of rotatable bonds is 2. The van der Waals surface area contributed by atoms with E-state index in [1.165, 1.54) is 16.7 Å². The molecule has 0 atom stereocenters. The van der Waals surface area contributed by atoms with Crippen molar-refractivity contribution in [2.24, 2.45) is 0 Å². The molecule has 2 aromatic rings. The Hall–Kier alpha value is -2.42. The summed E-state index contributed by atoms with van der Waals surface area (Å²) in [4.78, 5) is 15.7.